The summed E-state index contributed by atoms with van der Waals surface area (Å²) in [5.41, 5.74) is 1.01. The number of nitrogens with zero attached hydrogens (tertiary/aromatic N) is 1. The molecule has 1 heterocycles. The highest BCUT2D eigenvalue weighted by atomic mass is 32.2. The lowest BCUT2D eigenvalue weighted by molar-refractivity contribution is 0.102. The number of nitrogens with one attached hydrogen (secondary N) is 1. The van der Waals surface area contributed by atoms with Gasteiger partial charge in [-0.2, -0.15) is 4.31 Å². The number of carbonyl (C=O) groups is 1. The molecule has 0 atom stereocenters. The Morgan fingerprint density at radius 2 is 1.67 bits per heavy atom. The summed E-state index contributed by atoms with van der Waals surface area (Å²) >= 11 is 0. The molecule has 0 spiro atoms. The van der Waals surface area contributed by atoms with Crippen LogP contribution in [0.5, 0.6) is 5.75 Å². The predicted molar refractivity (Wildman–Crippen MR) is 105 cm³/mol. The molecule has 0 unspecified atom stereocenters. The minimum Gasteiger partial charge on any atom is -0.497 e. The summed E-state index contributed by atoms with van der Waals surface area (Å²) < 4.78 is 32.3. The fourth-order valence-electron chi connectivity index (χ4n) is 3.11. The molecule has 1 saturated heterocycles. The number of amides is 1. The zero-order valence-electron chi connectivity index (χ0n) is 15.3. The van der Waals surface area contributed by atoms with E-state index in [0.717, 1.165) is 25.7 Å². The van der Waals surface area contributed by atoms with Gasteiger partial charge in [-0.3, -0.25) is 4.79 Å². The van der Waals surface area contributed by atoms with Gasteiger partial charge in [0.15, 0.2) is 0 Å². The van der Waals surface area contributed by atoms with E-state index in [0.29, 0.717) is 30.1 Å². The van der Waals surface area contributed by atoms with Crippen LogP contribution in [0.2, 0.25) is 0 Å². The van der Waals surface area contributed by atoms with E-state index >= 15 is 0 Å². The van der Waals surface area contributed by atoms with Gasteiger partial charge < -0.3 is 10.1 Å². The van der Waals surface area contributed by atoms with Crippen LogP contribution >= 0.6 is 0 Å². The molecule has 2 aromatic rings. The monoisotopic (exact) mass is 388 g/mol. The van der Waals surface area contributed by atoms with E-state index in [4.69, 9.17) is 4.74 Å². The summed E-state index contributed by atoms with van der Waals surface area (Å²) in [5, 5.41) is 2.78. The number of hydrogen-bond acceptors (Lipinski definition) is 4. The Kier molecular flexibility index (Phi) is 6.13. The van der Waals surface area contributed by atoms with E-state index in [1.54, 1.807) is 47.8 Å². The van der Waals surface area contributed by atoms with E-state index in [9.17, 15) is 13.2 Å². The second-order valence-corrected chi connectivity index (χ2v) is 8.47. The molecule has 27 heavy (non-hydrogen) atoms. The van der Waals surface area contributed by atoms with Gasteiger partial charge in [-0.1, -0.05) is 18.9 Å². The van der Waals surface area contributed by atoms with Crippen molar-refractivity contribution in [2.45, 2.75) is 30.6 Å². The summed E-state index contributed by atoms with van der Waals surface area (Å²) in [4.78, 5) is 12.6. The van der Waals surface area contributed by atoms with Gasteiger partial charge >= 0.3 is 0 Å². The van der Waals surface area contributed by atoms with Crippen LogP contribution in [-0.2, 0) is 10.0 Å². The highest BCUT2D eigenvalue weighted by molar-refractivity contribution is 7.89. The van der Waals surface area contributed by atoms with Crippen molar-refractivity contribution in [2.24, 2.45) is 0 Å². The third-order valence-corrected chi connectivity index (χ3v) is 6.56. The zero-order valence-corrected chi connectivity index (χ0v) is 16.2. The Morgan fingerprint density at radius 3 is 2.30 bits per heavy atom. The van der Waals surface area contributed by atoms with Crippen LogP contribution in [0.15, 0.2) is 53.4 Å². The van der Waals surface area contributed by atoms with Crippen molar-refractivity contribution in [3.8, 4) is 5.75 Å². The first-order valence-corrected chi connectivity index (χ1v) is 10.5. The standard InChI is InChI=1S/C20H24N2O4S/c1-26-18-8-6-7-17(15-18)21-20(23)16-9-11-19(12-10-16)27(24,25)22-13-4-2-3-5-14-22/h6-12,15H,2-5,13-14H2,1H3,(H,21,23). The topological polar surface area (TPSA) is 75.7 Å². The lowest BCUT2D eigenvalue weighted by Crippen LogP contribution is -2.31. The van der Waals surface area contributed by atoms with E-state index in [1.807, 2.05) is 0 Å². The molecule has 7 heteroatoms. The van der Waals surface area contributed by atoms with Crippen molar-refractivity contribution in [2.75, 3.05) is 25.5 Å². The maximum absolute atomic E-state index is 12.8. The molecule has 1 N–H and O–H groups in total. The molecule has 2 aromatic carbocycles. The molecular formula is C20H24N2O4S. The first-order chi connectivity index (χ1) is 13.0. The first-order valence-electron chi connectivity index (χ1n) is 9.06. The number of benzene rings is 2. The predicted octanol–water partition coefficient (Wildman–Crippen LogP) is 3.51. The number of hydrogen-bond donors (Lipinski definition) is 1. The van der Waals surface area contributed by atoms with Crippen LogP contribution in [0.4, 0.5) is 5.69 Å². The van der Waals surface area contributed by atoms with Crippen LogP contribution in [-0.4, -0.2) is 38.8 Å². The summed E-state index contributed by atoms with van der Waals surface area (Å²) in [6, 6.07) is 13.1. The van der Waals surface area contributed by atoms with Gasteiger partial charge in [-0.05, 0) is 49.2 Å². The van der Waals surface area contributed by atoms with E-state index in [2.05, 4.69) is 5.32 Å². The summed E-state index contributed by atoms with van der Waals surface area (Å²) in [6.07, 6.45) is 3.91. The van der Waals surface area contributed by atoms with Gasteiger partial charge in [0.25, 0.3) is 5.91 Å². The average molecular weight is 388 g/mol. The van der Waals surface area contributed by atoms with Gasteiger partial charge in [0, 0.05) is 30.4 Å². The number of methoxy groups -OCH3 is 1. The summed E-state index contributed by atoms with van der Waals surface area (Å²) in [6.45, 7) is 1.11. The molecule has 0 saturated carbocycles. The minimum atomic E-state index is -3.51. The first kappa shape index (κ1) is 19.4. The molecular weight excluding hydrogens is 364 g/mol. The van der Waals surface area contributed by atoms with Gasteiger partial charge in [-0.15, -0.1) is 0 Å². The third kappa shape index (κ3) is 4.67. The molecule has 0 aromatic heterocycles. The van der Waals surface area contributed by atoms with Gasteiger partial charge in [0.05, 0.1) is 12.0 Å². The van der Waals surface area contributed by atoms with Crippen molar-refractivity contribution in [3.63, 3.8) is 0 Å². The molecule has 3 rings (SSSR count). The van der Waals surface area contributed by atoms with Crippen LogP contribution in [0, 0.1) is 0 Å². The van der Waals surface area contributed by atoms with Crippen molar-refractivity contribution in [1.29, 1.82) is 0 Å². The van der Waals surface area contributed by atoms with Crippen molar-refractivity contribution >= 4 is 21.6 Å². The number of rotatable bonds is 5. The van der Waals surface area contributed by atoms with Crippen LogP contribution in [0.25, 0.3) is 0 Å². The average Bonchev–Trinajstić information content (AvgIpc) is 2.98. The molecule has 1 amide bonds. The molecule has 1 aliphatic rings. The third-order valence-electron chi connectivity index (χ3n) is 4.65. The molecule has 6 nitrogen and oxygen atoms in total. The highest BCUT2D eigenvalue weighted by Gasteiger charge is 2.25. The quantitative estimate of drug-likeness (QED) is 0.850. The minimum absolute atomic E-state index is 0.224. The number of anilines is 1. The van der Waals surface area contributed by atoms with Crippen LogP contribution in [0.3, 0.4) is 0 Å². The number of sulfonamides is 1. The lowest BCUT2D eigenvalue weighted by atomic mass is 10.2. The van der Waals surface area contributed by atoms with Gasteiger partial charge in [-0.25, -0.2) is 8.42 Å². The summed E-state index contributed by atoms with van der Waals surface area (Å²) in [5.74, 6) is 0.341. The largest absolute Gasteiger partial charge is 0.497 e. The maximum atomic E-state index is 12.8. The second-order valence-electron chi connectivity index (χ2n) is 6.53. The molecule has 1 aliphatic heterocycles. The Labute approximate surface area is 160 Å². The molecule has 1 fully saturated rings. The van der Waals surface area contributed by atoms with Crippen LogP contribution in [0.1, 0.15) is 36.0 Å². The van der Waals surface area contributed by atoms with E-state index in [1.165, 1.54) is 12.1 Å². The van der Waals surface area contributed by atoms with Crippen molar-refractivity contribution in [1.82, 2.24) is 4.31 Å². The van der Waals surface area contributed by atoms with Crippen molar-refractivity contribution in [3.05, 3.63) is 54.1 Å². The SMILES string of the molecule is COc1cccc(NC(=O)c2ccc(S(=O)(=O)N3CCCCCC3)cc2)c1. The Bertz CT molecular complexity index is 886. The fraction of sp³-hybridized carbons (Fsp3) is 0.350. The van der Waals surface area contributed by atoms with E-state index in [-0.39, 0.29) is 10.8 Å². The Hall–Kier alpha value is -2.38. The highest BCUT2D eigenvalue weighted by Crippen LogP contribution is 2.21. The Morgan fingerprint density at radius 1 is 1.00 bits per heavy atom. The molecule has 0 bridgehead atoms. The second kappa shape index (κ2) is 8.54. The fourth-order valence-corrected chi connectivity index (χ4v) is 4.63. The zero-order chi connectivity index (χ0) is 19.3. The van der Waals surface area contributed by atoms with Gasteiger partial charge in [0.1, 0.15) is 5.75 Å². The van der Waals surface area contributed by atoms with Crippen LogP contribution < -0.4 is 10.1 Å². The van der Waals surface area contributed by atoms with E-state index < -0.39 is 10.0 Å². The Balaban J connectivity index is 1.73. The van der Waals surface area contributed by atoms with Crippen molar-refractivity contribution < 1.29 is 17.9 Å². The molecule has 144 valence electrons. The maximum Gasteiger partial charge on any atom is 0.255 e. The number of carbonyl (C=O) groups excluding carboxylic acids is 1. The van der Waals surface area contributed by atoms with Gasteiger partial charge in [0.2, 0.25) is 10.0 Å². The normalized spacial score (nSPS) is 15.7. The molecule has 0 aliphatic carbocycles. The summed E-state index contributed by atoms with van der Waals surface area (Å²) in [7, 11) is -1.95. The molecule has 0 radical (unpaired) electrons. The lowest BCUT2D eigenvalue weighted by Gasteiger charge is -2.20. The smallest absolute Gasteiger partial charge is 0.255 e. The number of ether oxygens (including phenoxy) is 1.